The summed E-state index contributed by atoms with van der Waals surface area (Å²) in [6.07, 6.45) is 17.0. The van der Waals surface area contributed by atoms with E-state index in [2.05, 4.69) is 39.0 Å². The second-order valence-electron chi connectivity index (χ2n) is 6.57. The highest BCUT2D eigenvalue weighted by Crippen LogP contribution is 2.50. The zero-order valence-electron chi connectivity index (χ0n) is 12.5. The van der Waals surface area contributed by atoms with Gasteiger partial charge in [-0.2, -0.15) is 0 Å². The molecule has 0 heteroatoms. The van der Waals surface area contributed by atoms with Crippen LogP contribution in [0, 0.1) is 23.7 Å². The molecular weight excluding hydrogens is 216 g/mol. The van der Waals surface area contributed by atoms with Gasteiger partial charge in [0.2, 0.25) is 0 Å². The molecule has 0 amide bonds. The van der Waals surface area contributed by atoms with E-state index in [0.29, 0.717) is 0 Å². The van der Waals surface area contributed by atoms with Crippen LogP contribution in [0.3, 0.4) is 0 Å². The molecule has 0 saturated heterocycles. The minimum absolute atomic E-state index is 0.872. The van der Waals surface area contributed by atoms with E-state index < -0.39 is 0 Å². The molecule has 4 atom stereocenters. The third-order valence-corrected chi connectivity index (χ3v) is 4.84. The fourth-order valence-corrected chi connectivity index (χ4v) is 3.47. The molecule has 0 radical (unpaired) electrons. The van der Waals surface area contributed by atoms with Crippen LogP contribution in [0.5, 0.6) is 0 Å². The van der Waals surface area contributed by atoms with Gasteiger partial charge in [-0.15, -0.1) is 0 Å². The van der Waals surface area contributed by atoms with Gasteiger partial charge in [-0.05, 0) is 55.8 Å². The standard InChI is InChI=1S/C18H30/c1-4-5-6-10-17-15(3)18(17)11-8-7-9-16-12-14(2)13-16/h6,10,12,14-15,17-18H,4-5,7-9,11,13H2,1-3H3. The number of unbranched alkanes of at least 4 members (excludes halogenated alkanes) is 2. The molecule has 0 N–H and O–H groups in total. The summed E-state index contributed by atoms with van der Waals surface area (Å²) < 4.78 is 0. The van der Waals surface area contributed by atoms with Crippen molar-refractivity contribution in [1.29, 1.82) is 0 Å². The highest BCUT2D eigenvalue weighted by molar-refractivity contribution is 5.15. The minimum atomic E-state index is 0.872. The molecule has 0 aliphatic heterocycles. The van der Waals surface area contributed by atoms with Crippen molar-refractivity contribution < 1.29 is 0 Å². The van der Waals surface area contributed by atoms with Crippen molar-refractivity contribution in [3.8, 4) is 0 Å². The summed E-state index contributed by atoms with van der Waals surface area (Å²) in [7, 11) is 0. The van der Waals surface area contributed by atoms with E-state index in [4.69, 9.17) is 0 Å². The molecule has 18 heavy (non-hydrogen) atoms. The Morgan fingerprint density at radius 3 is 2.72 bits per heavy atom. The molecule has 102 valence electrons. The Hall–Kier alpha value is -0.520. The summed E-state index contributed by atoms with van der Waals surface area (Å²) in [6, 6.07) is 0. The molecule has 4 unspecified atom stereocenters. The summed E-state index contributed by atoms with van der Waals surface area (Å²) in [6.45, 7) is 7.01. The molecule has 0 aromatic heterocycles. The van der Waals surface area contributed by atoms with Crippen molar-refractivity contribution in [2.45, 2.75) is 65.7 Å². The molecular formula is C18H30. The normalized spacial score (nSPS) is 34.5. The quantitative estimate of drug-likeness (QED) is 0.378. The van der Waals surface area contributed by atoms with Crippen LogP contribution in [0.15, 0.2) is 23.8 Å². The van der Waals surface area contributed by atoms with Crippen LogP contribution < -0.4 is 0 Å². The Kier molecular flexibility index (Phi) is 5.09. The number of hydrogen-bond acceptors (Lipinski definition) is 0. The lowest BCUT2D eigenvalue weighted by Crippen LogP contribution is -2.05. The van der Waals surface area contributed by atoms with Crippen LogP contribution in [0.25, 0.3) is 0 Å². The van der Waals surface area contributed by atoms with Gasteiger partial charge in [0.15, 0.2) is 0 Å². The van der Waals surface area contributed by atoms with E-state index in [-0.39, 0.29) is 0 Å². The molecule has 0 aromatic rings. The molecule has 2 aliphatic carbocycles. The molecule has 0 nitrogen and oxygen atoms in total. The van der Waals surface area contributed by atoms with Crippen molar-refractivity contribution in [3.05, 3.63) is 23.8 Å². The molecule has 1 fully saturated rings. The predicted molar refractivity (Wildman–Crippen MR) is 80.5 cm³/mol. The predicted octanol–water partition coefficient (Wildman–Crippen LogP) is 5.75. The monoisotopic (exact) mass is 246 g/mol. The number of allylic oxidation sites excluding steroid dienone is 4. The van der Waals surface area contributed by atoms with Gasteiger partial charge in [0.1, 0.15) is 0 Å². The summed E-state index contributed by atoms with van der Waals surface area (Å²) in [5.74, 6) is 3.75. The van der Waals surface area contributed by atoms with Gasteiger partial charge in [-0.3, -0.25) is 0 Å². The van der Waals surface area contributed by atoms with E-state index in [1.165, 1.54) is 44.9 Å². The van der Waals surface area contributed by atoms with Gasteiger partial charge in [0.05, 0.1) is 0 Å². The van der Waals surface area contributed by atoms with Gasteiger partial charge in [0, 0.05) is 0 Å². The minimum Gasteiger partial charge on any atom is -0.0882 e. The highest BCUT2D eigenvalue weighted by atomic mass is 14.5. The first-order valence-corrected chi connectivity index (χ1v) is 8.08. The van der Waals surface area contributed by atoms with Crippen molar-refractivity contribution in [3.63, 3.8) is 0 Å². The van der Waals surface area contributed by atoms with Crippen LogP contribution in [0.4, 0.5) is 0 Å². The zero-order valence-corrected chi connectivity index (χ0v) is 12.5. The zero-order chi connectivity index (χ0) is 13.0. The van der Waals surface area contributed by atoms with Gasteiger partial charge >= 0.3 is 0 Å². The van der Waals surface area contributed by atoms with Gasteiger partial charge in [-0.1, -0.05) is 57.4 Å². The Morgan fingerprint density at radius 2 is 2.06 bits per heavy atom. The van der Waals surface area contributed by atoms with E-state index in [1.54, 1.807) is 5.57 Å². The largest absolute Gasteiger partial charge is 0.0882 e. The third kappa shape index (κ3) is 3.73. The summed E-state index contributed by atoms with van der Waals surface area (Å²) in [4.78, 5) is 0. The second-order valence-corrected chi connectivity index (χ2v) is 6.57. The number of rotatable bonds is 8. The maximum absolute atomic E-state index is 2.50. The first-order chi connectivity index (χ1) is 8.72. The smallest absolute Gasteiger partial charge is 0.0174 e. The molecule has 2 rings (SSSR count). The van der Waals surface area contributed by atoms with Crippen LogP contribution in [-0.2, 0) is 0 Å². The fraction of sp³-hybridized carbons (Fsp3) is 0.778. The summed E-state index contributed by atoms with van der Waals surface area (Å²) in [5, 5.41) is 0. The van der Waals surface area contributed by atoms with Crippen LogP contribution >= 0.6 is 0 Å². The van der Waals surface area contributed by atoms with Gasteiger partial charge in [0.25, 0.3) is 0 Å². The summed E-state index contributed by atoms with van der Waals surface area (Å²) >= 11 is 0. The average Bonchev–Trinajstić information content (AvgIpc) is 2.92. The molecule has 0 aromatic carbocycles. The summed E-state index contributed by atoms with van der Waals surface area (Å²) in [5.41, 5.74) is 1.73. The average molecular weight is 246 g/mol. The van der Waals surface area contributed by atoms with E-state index in [0.717, 1.165) is 23.7 Å². The first-order valence-electron chi connectivity index (χ1n) is 8.08. The maximum atomic E-state index is 2.50. The van der Waals surface area contributed by atoms with Crippen LogP contribution in [0.2, 0.25) is 0 Å². The Morgan fingerprint density at radius 1 is 1.28 bits per heavy atom. The van der Waals surface area contributed by atoms with Gasteiger partial charge < -0.3 is 0 Å². The fourth-order valence-electron chi connectivity index (χ4n) is 3.47. The van der Waals surface area contributed by atoms with Crippen LogP contribution in [-0.4, -0.2) is 0 Å². The van der Waals surface area contributed by atoms with E-state index in [1.807, 2.05) is 0 Å². The Labute approximate surface area is 114 Å². The van der Waals surface area contributed by atoms with Crippen molar-refractivity contribution in [2.24, 2.45) is 23.7 Å². The van der Waals surface area contributed by atoms with Crippen LogP contribution in [0.1, 0.15) is 65.7 Å². The molecule has 0 spiro atoms. The van der Waals surface area contributed by atoms with Crippen molar-refractivity contribution in [2.75, 3.05) is 0 Å². The Bertz CT molecular complexity index is 310. The van der Waals surface area contributed by atoms with Crippen molar-refractivity contribution >= 4 is 0 Å². The molecule has 0 bridgehead atoms. The lowest BCUT2D eigenvalue weighted by atomic mass is 9.85. The van der Waals surface area contributed by atoms with Gasteiger partial charge in [-0.25, -0.2) is 0 Å². The number of hydrogen-bond donors (Lipinski definition) is 0. The Balaban J connectivity index is 1.54. The lowest BCUT2D eigenvalue weighted by molar-refractivity contribution is 0.554. The SMILES string of the molecule is CCCC=CC1C(C)C1CCCCC1=CC(C)C1. The highest BCUT2D eigenvalue weighted by Gasteiger charge is 2.43. The molecule has 2 aliphatic rings. The lowest BCUT2D eigenvalue weighted by Gasteiger charge is -2.21. The molecule has 0 heterocycles. The topological polar surface area (TPSA) is 0 Å². The third-order valence-electron chi connectivity index (χ3n) is 4.84. The maximum Gasteiger partial charge on any atom is -0.0174 e. The molecule has 1 saturated carbocycles. The second kappa shape index (κ2) is 6.59. The van der Waals surface area contributed by atoms with E-state index in [9.17, 15) is 0 Å². The van der Waals surface area contributed by atoms with E-state index >= 15 is 0 Å². The van der Waals surface area contributed by atoms with Crippen molar-refractivity contribution in [1.82, 2.24) is 0 Å². The first kappa shape index (κ1) is 13.9.